The van der Waals surface area contributed by atoms with Crippen LogP contribution in [-0.2, 0) is 0 Å². The summed E-state index contributed by atoms with van der Waals surface area (Å²) in [4.78, 5) is 27.7. The van der Waals surface area contributed by atoms with Crippen molar-refractivity contribution < 1.29 is 9.59 Å². The Morgan fingerprint density at radius 2 is 1.71 bits per heavy atom. The van der Waals surface area contributed by atoms with Gasteiger partial charge in [-0.1, -0.05) is 24.3 Å². The van der Waals surface area contributed by atoms with Crippen molar-refractivity contribution in [3.05, 3.63) is 60.2 Å². The predicted molar refractivity (Wildman–Crippen MR) is 96.3 cm³/mol. The van der Waals surface area contributed by atoms with Gasteiger partial charge in [0.25, 0.3) is 5.91 Å². The van der Waals surface area contributed by atoms with E-state index in [2.05, 4.69) is 5.32 Å². The lowest BCUT2D eigenvalue weighted by Crippen LogP contribution is -2.36. The van der Waals surface area contributed by atoms with Crippen LogP contribution in [0, 0.1) is 0 Å². The summed E-state index contributed by atoms with van der Waals surface area (Å²) in [5, 5.41) is 2.49. The first kappa shape index (κ1) is 17.5. The van der Waals surface area contributed by atoms with Crippen LogP contribution in [0.15, 0.2) is 54.6 Å². The molecule has 0 unspecified atom stereocenters. The van der Waals surface area contributed by atoms with Gasteiger partial charge in [-0.15, -0.1) is 0 Å². The fourth-order valence-corrected chi connectivity index (χ4v) is 2.28. The van der Waals surface area contributed by atoms with Crippen molar-refractivity contribution in [2.45, 2.75) is 0 Å². The Hall–Kier alpha value is -2.86. The minimum atomic E-state index is -0.660. The molecule has 0 bridgehead atoms. The minimum absolute atomic E-state index is 0.129. The van der Waals surface area contributed by atoms with Crippen LogP contribution in [0.2, 0.25) is 0 Å². The molecule has 6 nitrogen and oxygen atoms in total. The van der Waals surface area contributed by atoms with Crippen molar-refractivity contribution in [2.24, 2.45) is 5.73 Å². The zero-order valence-electron chi connectivity index (χ0n) is 13.9. The summed E-state index contributed by atoms with van der Waals surface area (Å²) >= 11 is 0. The van der Waals surface area contributed by atoms with Gasteiger partial charge in [-0.05, 0) is 44.4 Å². The second-order valence-electron chi connectivity index (χ2n) is 5.67. The molecule has 2 rings (SSSR count). The highest BCUT2D eigenvalue weighted by Gasteiger charge is 2.18. The monoisotopic (exact) mass is 326 g/mol. The molecule has 0 spiro atoms. The van der Waals surface area contributed by atoms with E-state index in [1.807, 2.05) is 49.3 Å². The average molecular weight is 326 g/mol. The Balaban J connectivity index is 2.28. The second kappa shape index (κ2) is 8.12. The Labute approximate surface area is 141 Å². The average Bonchev–Trinajstić information content (AvgIpc) is 2.55. The van der Waals surface area contributed by atoms with E-state index in [-0.39, 0.29) is 5.91 Å². The number of carbonyl (C=O) groups is 2. The molecule has 0 fully saturated rings. The number of likely N-dealkylation sites (N-methyl/N-ethyl adjacent to an activating group) is 1. The van der Waals surface area contributed by atoms with Gasteiger partial charge in [-0.2, -0.15) is 0 Å². The number of rotatable bonds is 6. The highest BCUT2D eigenvalue weighted by molar-refractivity contribution is 6.07. The van der Waals surface area contributed by atoms with Gasteiger partial charge >= 0.3 is 6.03 Å². The maximum absolute atomic E-state index is 13.0. The first-order chi connectivity index (χ1) is 11.5. The van der Waals surface area contributed by atoms with Gasteiger partial charge in [0.2, 0.25) is 0 Å². The zero-order valence-corrected chi connectivity index (χ0v) is 13.9. The van der Waals surface area contributed by atoms with E-state index in [1.54, 1.807) is 29.2 Å². The summed E-state index contributed by atoms with van der Waals surface area (Å²) in [5.74, 6) is -0.129. The quantitative estimate of drug-likeness (QED) is 0.855. The topological polar surface area (TPSA) is 78.7 Å². The van der Waals surface area contributed by atoms with Crippen LogP contribution in [0.3, 0.4) is 0 Å². The maximum Gasteiger partial charge on any atom is 0.316 e. The Morgan fingerprint density at radius 3 is 2.33 bits per heavy atom. The summed E-state index contributed by atoms with van der Waals surface area (Å²) in [6.07, 6.45) is 0. The molecule has 0 radical (unpaired) electrons. The lowest BCUT2D eigenvalue weighted by atomic mass is 10.1. The number of hydrogen-bond acceptors (Lipinski definition) is 3. The molecule has 0 aliphatic rings. The van der Waals surface area contributed by atoms with Crippen molar-refractivity contribution in [1.29, 1.82) is 0 Å². The van der Waals surface area contributed by atoms with Crippen LogP contribution in [0.5, 0.6) is 0 Å². The number of carbonyl (C=O) groups excluding carboxylic acids is 2. The fraction of sp³-hybridized carbons (Fsp3) is 0.222. The number of amides is 3. The number of primary amides is 1. The van der Waals surface area contributed by atoms with Gasteiger partial charge in [0.15, 0.2) is 0 Å². The third-order valence-corrected chi connectivity index (χ3v) is 3.46. The van der Waals surface area contributed by atoms with E-state index in [0.717, 1.165) is 12.2 Å². The lowest BCUT2D eigenvalue weighted by molar-refractivity contribution is 0.0985. The van der Waals surface area contributed by atoms with Gasteiger partial charge < -0.3 is 20.9 Å². The lowest BCUT2D eigenvalue weighted by Gasteiger charge is -2.25. The Bertz CT molecular complexity index is 701. The van der Waals surface area contributed by atoms with Crippen LogP contribution in [0.4, 0.5) is 16.2 Å². The molecule has 2 aromatic rings. The fourth-order valence-electron chi connectivity index (χ4n) is 2.28. The molecule has 0 aliphatic heterocycles. The van der Waals surface area contributed by atoms with E-state index in [9.17, 15) is 9.59 Å². The smallest absolute Gasteiger partial charge is 0.316 e. The van der Waals surface area contributed by atoms with Crippen LogP contribution in [0.25, 0.3) is 0 Å². The number of benzene rings is 2. The molecule has 24 heavy (non-hydrogen) atoms. The van der Waals surface area contributed by atoms with Crippen LogP contribution in [-0.4, -0.2) is 44.0 Å². The van der Waals surface area contributed by atoms with Gasteiger partial charge in [0, 0.05) is 30.0 Å². The third-order valence-electron chi connectivity index (χ3n) is 3.46. The second-order valence-corrected chi connectivity index (χ2v) is 5.67. The molecule has 0 aromatic heterocycles. The SMILES string of the molecule is CN(C)CCN(C(=O)c1cccc(NC(N)=O)c1)c1ccccc1. The van der Waals surface area contributed by atoms with E-state index >= 15 is 0 Å². The van der Waals surface area contributed by atoms with Gasteiger partial charge in [-0.3, -0.25) is 4.79 Å². The summed E-state index contributed by atoms with van der Waals surface area (Å²) < 4.78 is 0. The molecule has 126 valence electrons. The highest BCUT2D eigenvalue weighted by Crippen LogP contribution is 2.19. The van der Waals surface area contributed by atoms with Crippen LogP contribution >= 0.6 is 0 Å². The van der Waals surface area contributed by atoms with Crippen molar-refractivity contribution in [1.82, 2.24) is 4.90 Å². The number of hydrogen-bond donors (Lipinski definition) is 2. The van der Waals surface area contributed by atoms with Crippen LogP contribution < -0.4 is 16.0 Å². The standard InChI is InChI=1S/C18H22N4O2/c1-21(2)11-12-22(16-9-4-3-5-10-16)17(23)14-7-6-8-15(13-14)20-18(19)24/h3-10,13H,11-12H2,1-2H3,(H3,19,20,24). The van der Waals surface area contributed by atoms with Crippen LogP contribution in [0.1, 0.15) is 10.4 Å². The van der Waals surface area contributed by atoms with Crippen molar-refractivity contribution in [3.63, 3.8) is 0 Å². The summed E-state index contributed by atoms with van der Waals surface area (Å²) in [6.45, 7) is 1.29. The minimum Gasteiger partial charge on any atom is -0.351 e. The number of anilines is 2. The molecule has 3 N–H and O–H groups in total. The van der Waals surface area contributed by atoms with E-state index in [0.29, 0.717) is 17.8 Å². The number of nitrogens with one attached hydrogen (secondary N) is 1. The van der Waals surface area contributed by atoms with Gasteiger partial charge in [-0.25, -0.2) is 4.79 Å². The molecule has 0 saturated carbocycles. The normalized spacial score (nSPS) is 10.5. The molecule has 0 saturated heterocycles. The first-order valence-corrected chi connectivity index (χ1v) is 7.65. The summed E-state index contributed by atoms with van der Waals surface area (Å²) in [5.41, 5.74) is 6.95. The summed E-state index contributed by atoms with van der Waals surface area (Å²) in [7, 11) is 3.93. The van der Waals surface area contributed by atoms with Gasteiger partial charge in [0.1, 0.15) is 0 Å². The highest BCUT2D eigenvalue weighted by atomic mass is 16.2. The number of nitrogens with zero attached hydrogens (tertiary/aromatic N) is 2. The molecular weight excluding hydrogens is 304 g/mol. The Kier molecular flexibility index (Phi) is 5.92. The van der Waals surface area contributed by atoms with E-state index in [4.69, 9.17) is 5.73 Å². The molecule has 0 heterocycles. The molecule has 0 aliphatic carbocycles. The largest absolute Gasteiger partial charge is 0.351 e. The van der Waals surface area contributed by atoms with E-state index < -0.39 is 6.03 Å². The maximum atomic E-state index is 13.0. The molecule has 3 amide bonds. The molecule has 6 heteroatoms. The number of para-hydroxylation sites is 1. The molecular formula is C18H22N4O2. The first-order valence-electron chi connectivity index (χ1n) is 7.65. The third kappa shape index (κ3) is 4.82. The molecule has 0 atom stereocenters. The predicted octanol–water partition coefficient (Wildman–Crippen LogP) is 2.39. The van der Waals surface area contributed by atoms with Gasteiger partial charge in [0.05, 0.1) is 0 Å². The number of urea groups is 1. The zero-order chi connectivity index (χ0) is 17.5. The molecule has 2 aromatic carbocycles. The van der Waals surface area contributed by atoms with Crippen molar-refractivity contribution >= 4 is 23.3 Å². The summed E-state index contributed by atoms with van der Waals surface area (Å²) in [6, 6.07) is 15.6. The number of nitrogens with two attached hydrogens (primary N) is 1. The Morgan fingerprint density at radius 1 is 1.00 bits per heavy atom. The van der Waals surface area contributed by atoms with E-state index in [1.165, 1.54) is 0 Å². The van der Waals surface area contributed by atoms with Crippen molar-refractivity contribution in [3.8, 4) is 0 Å². The van der Waals surface area contributed by atoms with Crippen molar-refractivity contribution in [2.75, 3.05) is 37.4 Å².